The number of Topliss-reactive ketones (excluding diaryl/α,β-unsaturated/α-hetero) is 2. The van der Waals surface area contributed by atoms with E-state index in [1.807, 2.05) is 34.0 Å². The van der Waals surface area contributed by atoms with Crippen molar-refractivity contribution in [2.24, 2.45) is 37.8 Å². The van der Waals surface area contributed by atoms with Crippen LogP contribution in [0.25, 0.3) is 32.9 Å². The summed E-state index contributed by atoms with van der Waals surface area (Å²) in [5.74, 6) is 2.23. The number of fused-ring (bicyclic) bond motifs is 6. The number of carbonyl (C=O) groups is 2. The van der Waals surface area contributed by atoms with Crippen molar-refractivity contribution in [1.82, 2.24) is 39.8 Å². The van der Waals surface area contributed by atoms with Gasteiger partial charge in [-0.3, -0.25) is 14.2 Å². The molecule has 0 aliphatic heterocycles. The molecule has 8 rings (SSSR count). The molecule has 274 valence electrons. The number of aryl methyl sites for hydroxylation is 4. The van der Waals surface area contributed by atoms with Crippen molar-refractivity contribution >= 4 is 11.6 Å². The molecule has 1 saturated carbocycles. The topological polar surface area (TPSA) is 156 Å². The second kappa shape index (κ2) is 13.4. The van der Waals surface area contributed by atoms with E-state index in [-0.39, 0.29) is 53.8 Å². The summed E-state index contributed by atoms with van der Waals surface area (Å²) in [7, 11) is 5.00. The predicted molar refractivity (Wildman–Crippen MR) is 192 cm³/mol. The van der Waals surface area contributed by atoms with Gasteiger partial charge in [0.05, 0.1) is 18.0 Å². The Morgan fingerprint density at radius 3 is 1.88 bits per heavy atom. The molecule has 4 aliphatic rings. The van der Waals surface area contributed by atoms with Crippen LogP contribution < -0.4 is 0 Å². The van der Waals surface area contributed by atoms with Gasteiger partial charge in [-0.2, -0.15) is 20.2 Å². The van der Waals surface area contributed by atoms with Gasteiger partial charge in [0.1, 0.15) is 11.4 Å². The summed E-state index contributed by atoms with van der Waals surface area (Å²) < 4.78 is 20.1. The molecular weight excluding hydrogens is 660 g/mol. The molecule has 0 spiro atoms. The van der Waals surface area contributed by atoms with E-state index in [1.54, 1.807) is 23.2 Å². The number of hydrogen-bond donors (Lipinski definition) is 0. The quantitative estimate of drug-likeness (QED) is 0.214. The number of ketones is 2. The highest BCUT2D eigenvalue weighted by Gasteiger charge is 2.56. The highest BCUT2D eigenvalue weighted by atomic mass is 16.5. The lowest BCUT2D eigenvalue weighted by atomic mass is 9.55. The van der Waals surface area contributed by atoms with E-state index < -0.39 is 11.5 Å². The first kappa shape index (κ1) is 36.5. The molecule has 4 aliphatic carbocycles. The molecule has 1 fully saturated rings. The third-order valence-corrected chi connectivity index (χ3v) is 11.8. The van der Waals surface area contributed by atoms with Gasteiger partial charge in [0, 0.05) is 55.7 Å². The Kier molecular flexibility index (Phi) is 9.41. The lowest BCUT2D eigenvalue weighted by Gasteiger charge is -2.46. The second-order valence-electron chi connectivity index (χ2n) is 14.7. The van der Waals surface area contributed by atoms with Crippen LogP contribution >= 0.6 is 0 Å². The Morgan fingerprint density at radius 2 is 1.38 bits per heavy atom. The molecule has 52 heavy (non-hydrogen) atoms. The monoisotopic (exact) mass is 710 g/mol. The molecule has 1 unspecified atom stereocenters. The van der Waals surface area contributed by atoms with Crippen LogP contribution in [0.2, 0.25) is 0 Å². The smallest absolute Gasteiger partial charge is 0.282 e. The fraction of sp³-hybridized carbons (Fsp3) is 0.579. The lowest BCUT2D eigenvalue weighted by Crippen LogP contribution is -2.51. The van der Waals surface area contributed by atoms with Crippen molar-refractivity contribution in [2.45, 2.75) is 105 Å². The summed E-state index contributed by atoms with van der Waals surface area (Å²) >= 11 is 0. The number of allylic oxidation sites excluding steroid dienone is 2. The minimum Gasteiger partial charge on any atom is -0.332 e. The molecule has 0 aromatic carbocycles. The minimum absolute atomic E-state index is 0. The van der Waals surface area contributed by atoms with Gasteiger partial charge in [-0.1, -0.05) is 58.9 Å². The first-order chi connectivity index (χ1) is 24.7. The Hall–Kier alpha value is -5.24. The van der Waals surface area contributed by atoms with Gasteiger partial charge in [0.15, 0.2) is 17.4 Å². The van der Waals surface area contributed by atoms with E-state index in [0.29, 0.717) is 29.9 Å². The largest absolute Gasteiger partial charge is 0.332 e. The highest BCUT2D eigenvalue weighted by Crippen LogP contribution is 2.53. The van der Waals surface area contributed by atoms with Crippen LogP contribution in [0.15, 0.2) is 20.8 Å². The van der Waals surface area contributed by atoms with E-state index >= 15 is 0 Å². The molecule has 0 amide bonds. The Bertz CT molecular complexity index is 2180. The van der Waals surface area contributed by atoms with E-state index in [0.717, 1.165) is 59.6 Å². The third kappa shape index (κ3) is 5.51. The van der Waals surface area contributed by atoms with Gasteiger partial charge in [-0.25, -0.2) is 11.4 Å². The second-order valence-corrected chi connectivity index (χ2v) is 14.7. The highest BCUT2D eigenvalue weighted by molar-refractivity contribution is 6.00. The molecule has 0 bridgehead atoms. The van der Waals surface area contributed by atoms with E-state index in [4.69, 9.17) is 33.8 Å². The van der Waals surface area contributed by atoms with Gasteiger partial charge in [-0.15, -0.1) is 0 Å². The molecule has 4 heterocycles. The summed E-state index contributed by atoms with van der Waals surface area (Å²) in [6.45, 7) is 26.5. The standard InChI is InChI=1S/C18H21N5O2.C18H19N5O2.2CH4/c2*1-9-12-7-6-11-14(17-20-10(2)22-25-17)23(5)21-16(11)18(12,3)8-13(19-4)15(9)24;;/h9,12-13H,6-8H2,1-3,5H3;8-9,12H,6-7H2,1-3,5H3;2*1H4/t9-,12-,13?,18-;9-,12-,18-;;/m00../s1/i;;1T;. The average molecular weight is 711 g/mol. The van der Waals surface area contributed by atoms with Gasteiger partial charge in [0.2, 0.25) is 11.5 Å². The van der Waals surface area contributed by atoms with Gasteiger partial charge in [0.25, 0.3) is 17.8 Å². The van der Waals surface area contributed by atoms with Crippen molar-refractivity contribution in [2.75, 3.05) is 0 Å². The summed E-state index contributed by atoms with van der Waals surface area (Å²) in [6.07, 6.45) is 5.77. The number of hydrogen-bond acceptors (Lipinski definition) is 10. The number of carbonyl (C=O) groups excluding carboxylic acids is 2. The van der Waals surface area contributed by atoms with Crippen LogP contribution in [0.5, 0.6) is 0 Å². The zero-order chi connectivity index (χ0) is 37.9. The summed E-state index contributed by atoms with van der Waals surface area (Å²) in [4.78, 5) is 40.7. The van der Waals surface area contributed by atoms with Gasteiger partial charge in [-0.05, 0) is 51.4 Å². The van der Waals surface area contributed by atoms with Crippen LogP contribution in [-0.2, 0) is 47.4 Å². The van der Waals surface area contributed by atoms with Crippen molar-refractivity contribution in [3.8, 4) is 23.2 Å². The molecule has 0 N–H and O–H groups in total. The molecular formula is C38H48N10O4. The Balaban J connectivity index is 0.000000192. The summed E-state index contributed by atoms with van der Waals surface area (Å²) in [5, 5.41) is 17.3. The van der Waals surface area contributed by atoms with E-state index in [1.165, 1.54) is 7.40 Å². The molecule has 0 radical (unpaired) electrons. The van der Waals surface area contributed by atoms with Crippen LogP contribution in [-0.4, -0.2) is 57.5 Å². The zero-order valence-corrected chi connectivity index (χ0v) is 30.6. The maximum Gasteiger partial charge on any atom is 0.282 e. The maximum absolute atomic E-state index is 12.5. The molecule has 4 aromatic heterocycles. The summed E-state index contributed by atoms with van der Waals surface area (Å²) in [5.41, 5.74) is 5.30. The fourth-order valence-electron chi connectivity index (χ4n) is 9.36. The van der Waals surface area contributed by atoms with Crippen LogP contribution in [0, 0.1) is 50.7 Å². The number of nitrogens with zero attached hydrogens (tertiary/aromatic N) is 10. The minimum atomic E-state index is -0.571. The van der Waals surface area contributed by atoms with Crippen molar-refractivity contribution < 1.29 is 20.0 Å². The molecule has 4 aromatic rings. The molecule has 0 saturated heterocycles. The number of aromatic nitrogens is 8. The first-order valence-corrected chi connectivity index (χ1v) is 17.0. The molecule has 7 atom stereocenters. The van der Waals surface area contributed by atoms with E-state index in [9.17, 15) is 9.59 Å². The van der Waals surface area contributed by atoms with Crippen molar-refractivity contribution in [3.05, 3.63) is 68.8 Å². The molecule has 14 heteroatoms. The first-order valence-electron chi connectivity index (χ1n) is 18.0. The average Bonchev–Trinajstić information content (AvgIpc) is 3.91. The molecule has 14 nitrogen and oxygen atoms in total. The normalized spacial score (nSPS) is 28.7. The Morgan fingerprint density at radius 1 is 0.865 bits per heavy atom. The summed E-state index contributed by atoms with van der Waals surface area (Å²) in [6, 6.07) is -0.571. The lowest BCUT2D eigenvalue weighted by molar-refractivity contribution is -0.129. The zero-order valence-electron chi connectivity index (χ0n) is 31.6. The van der Waals surface area contributed by atoms with Crippen LogP contribution in [0.1, 0.15) is 97.3 Å². The van der Waals surface area contributed by atoms with Crippen LogP contribution in [0.3, 0.4) is 0 Å². The number of rotatable bonds is 2. The van der Waals surface area contributed by atoms with E-state index in [2.05, 4.69) is 43.8 Å². The van der Waals surface area contributed by atoms with Crippen LogP contribution in [0.4, 0.5) is 0 Å². The maximum atomic E-state index is 12.5. The SMILES string of the molecule is C.[3H]C.[C-]#[N+]C1=C[C@]2(C)c3nn(C)c(-c4nc(C)no4)c3CC[C@H]2[C@H](C)C1=O.[C-]#[N+]C1C[C@]2(C)c3nn(C)c(-c4nc(C)no4)c3CC[C@H]2[C@H](C)C1=O. The van der Waals surface area contributed by atoms with Crippen molar-refractivity contribution in [3.63, 3.8) is 0 Å². The van der Waals surface area contributed by atoms with Crippen molar-refractivity contribution in [1.29, 1.82) is 0 Å². The fourth-order valence-corrected chi connectivity index (χ4v) is 9.36. The van der Waals surface area contributed by atoms with Gasteiger partial charge < -0.3 is 18.7 Å². The predicted octanol–water partition coefficient (Wildman–Crippen LogP) is 6.39. The Labute approximate surface area is 306 Å². The third-order valence-electron chi connectivity index (χ3n) is 11.8. The van der Waals surface area contributed by atoms with Gasteiger partial charge >= 0.3 is 0 Å².